The molecule has 0 fully saturated rings. The van der Waals surface area contributed by atoms with Gasteiger partial charge in [-0.15, -0.1) is 0 Å². The van der Waals surface area contributed by atoms with Gasteiger partial charge in [0.1, 0.15) is 0 Å². The molecule has 0 unspecified atom stereocenters. The molecule has 1 N–H and O–H groups in total. The fourth-order valence-electron chi connectivity index (χ4n) is 2.24. The van der Waals surface area contributed by atoms with Crippen LogP contribution < -0.4 is 5.32 Å². The molecule has 2 nitrogen and oxygen atoms in total. The van der Waals surface area contributed by atoms with Crippen LogP contribution in [0.1, 0.15) is 18.1 Å². The Hall–Kier alpha value is -1.49. The molecule has 0 radical (unpaired) electrons. The summed E-state index contributed by atoms with van der Waals surface area (Å²) < 4.78 is 40.7. The summed E-state index contributed by atoms with van der Waals surface area (Å²) in [5.74, 6) is 0. The second-order valence-corrected chi connectivity index (χ2v) is 4.17. The fourth-order valence-corrected chi connectivity index (χ4v) is 2.24. The smallest absolute Gasteiger partial charge is 0.347 e. The summed E-state index contributed by atoms with van der Waals surface area (Å²) in [6.07, 6.45) is -2.53. The number of nitrogens with zero attached hydrogens (tertiary/aromatic N) is 1. The molecule has 2 rings (SSSR count). The lowest BCUT2D eigenvalue weighted by Crippen LogP contribution is -2.08. The Labute approximate surface area is 103 Å². The van der Waals surface area contributed by atoms with Gasteiger partial charge in [0.15, 0.2) is 0 Å². The minimum Gasteiger partial charge on any atom is -0.347 e. The number of aryl methyl sites for hydroxylation is 1. The van der Waals surface area contributed by atoms with E-state index in [-0.39, 0.29) is 5.52 Å². The summed E-state index contributed by atoms with van der Waals surface area (Å²) in [5, 5.41) is 3.64. The molecule has 5 heteroatoms. The zero-order valence-corrected chi connectivity index (χ0v) is 10.3. The van der Waals surface area contributed by atoms with Gasteiger partial charge in [-0.25, -0.2) is 0 Å². The highest BCUT2D eigenvalue weighted by Gasteiger charge is 2.34. The molecule has 0 saturated carbocycles. The third-order valence-corrected chi connectivity index (χ3v) is 2.99. The largest absolute Gasteiger partial charge is 0.418 e. The number of nitrogens with one attached hydrogen (secondary N) is 1. The first-order valence-corrected chi connectivity index (χ1v) is 5.81. The van der Waals surface area contributed by atoms with Gasteiger partial charge in [0, 0.05) is 24.7 Å². The van der Waals surface area contributed by atoms with Crippen LogP contribution in [-0.4, -0.2) is 11.6 Å². The Balaban J connectivity index is 2.75. The van der Waals surface area contributed by atoms with E-state index < -0.39 is 11.7 Å². The molecule has 2 aromatic rings. The Kier molecular flexibility index (Phi) is 3.34. The number of hydrogen-bond donors (Lipinski definition) is 1. The molecule has 0 atom stereocenters. The predicted molar refractivity (Wildman–Crippen MR) is 65.4 cm³/mol. The average Bonchev–Trinajstić information content (AvgIpc) is 2.67. The van der Waals surface area contributed by atoms with Gasteiger partial charge in [-0.2, -0.15) is 13.2 Å². The maximum atomic E-state index is 13.0. The third-order valence-electron chi connectivity index (χ3n) is 2.99. The Bertz CT molecular complexity index is 555. The van der Waals surface area contributed by atoms with E-state index in [1.807, 2.05) is 6.92 Å². The lowest BCUT2D eigenvalue weighted by molar-refractivity contribution is -0.136. The van der Waals surface area contributed by atoms with E-state index in [0.717, 1.165) is 11.6 Å². The fraction of sp³-hybridized carbons (Fsp3) is 0.385. The Morgan fingerprint density at radius 3 is 2.56 bits per heavy atom. The molecule has 1 aromatic carbocycles. The zero-order valence-electron chi connectivity index (χ0n) is 10.3. The molecule has 1 aromatic heterocycles. The molecule has 0 saturated heterocycles. The van der Waals surface area contributed by atoms with Gasteiger partial charge < -0.3 is 9.88 Å². The van der Waals surface area contributed by atoms with E-state index in [0.29, 0.717) is 18.5 Å². The van der Waals surface area contributed by atoms with E-state index in [1.54, 1.807) is 23.9 Å². The summed E-state index contributed by atoms with van der Waals surface area (Å²) in [4.78, 5) is 0. The number of fused-ring (bicyclic) bond motifs is 1. The Morgan fingerprint density at radius 2 is 2.00 bits per heavy atom. The van der Waals surface area contributed by atoms with Crippen molar-refractivity contribution in [3.63, 3.8) is 0 Å². The molecular formula is C13H15F3N2. The summed E-state index contributed by atoms with van der Waals surface area (Å²) in [6, 6.07) is 4.34. The van der Waals surface area contributed by atoms with E-state index >= 15 is 0 Å². The van der Waals surface area contributed by atoms with Gasteiger partial charge in [-0.1, -0.05) is 12.1 Å². The van der Waals surface area contributed by atoms with Crippen molar-refractivity contribution in [2.24, 2.45) is 0 Å². The van der Waals surface area contributed by atoms with Crippen molar-refractivity contribution in [3.8, 4) is 0 Å². The van der Waals surface area contributed by atoms with Crippen LogP contribution in [0.5, 0.6) is 0 Å². The van der Waals surface area contributed by atoms with Gasteiger partial charge >= 0.3 is 6.18 Å². The molecule has 98 valence electrons. The number of rotatable bonds is 3. The quantitative estimate of drug-likeness (QED) is 0.890. The second kappa shape index (κ2) is 4.65. The molecule has 0 aliphatic rings. The monoisotopic (exact) mass is 256 g/mol. The molecule has 0 amide bonds. The minimum atomic E-state index is -4.32. The van der Waals surface area contributed by atoms with Gasteiger partial charge in [0.05, 0.1) is 11.1 Å². The van der Waals surface area contributed by atoms with Crippen LogP contribution >= 0.6 is 0 Å². The molecule has 18 heavy (non-hydrogen) atoms. The zero-order chi connectivity index (χ0) is 13.3. The van der Waals surface area contributed by atoms with E-state index in [1.165, 1.54) is 6.07 Å². The normalized spacial score (nSPS) is 12.3. The van der Waals surface area contributed by atoms with Crippen LogP contribution in [0.25, 0.3) is 10.9 Å². The molecule has 1 heterocycles. The Morgan fingerprint density at radius 1 is 1.28 bits per heavy atom. The van der Waals surface area contributed by atoms with E-state index in [9.17, 15) is 13.2 Å². The maximum absolute atomic E-state index is 13.0. The molecule has 0 bridgehead atoms. The van der Waals surface area contributed by atoms with Gasteiger partial charge in [0.25, 0.3) is 0 Å². The first-order valence-electron chi connectivity index (χ1n) is 5.81. The van der Waals surface area contributed by atoms with E-state index in [4.69, 9.17) is 0 Å². The summed E-state index contributed by atoms with van der Waals surface area (Å²) in [7, 11) is 1.78. The van der Waals surface area contributed by atoms with Crippen LogP contribution in [-0.2, 0) is 19.3 Å². The molecular weight excluding hydrogens is 241 g/mol. The predicted octanol–water partition coefficient (Wildman–Crippen LogP) is 3.40. The topological polar surface area (TPSA) is 17.0 Å². The number of hydrogen-bond acceptors (Lipinski definition) is 1. The van der Waals surface area contributed by atoms with Crippen LogP contribution in [0.15, 0.2) is 24.4 Å². The highest BCUT2D eigenvalue weighted by atomic mass is 19.4. The number of halogens is 3. The van der Waals surface area contributed by atoms with Crippen LogP contribution in [0.3, 0.4) is 0 Å². The van der Waals surface area contributed by atoms with Crippen molar-refractivity contribution in [1.29, 1.82) is 0 Å². The van der Waals surface area contributed by atoms with Crippen molar-refractivity contribution in [2.45, 2.75) is 26.2 Å². The highest BCUT2D eigenvalue weighted by molar-refractivity contribution is 5.87. The average molecular weight is 256 g/mol. The number of aromatic nitrogens is 1. The van der Waals surface area contributed by atoms with Crippen LogP contribution in [0.4, 0.5) is 13.2 Å². The first kappa shape index (κ1) is 13.0. The lowest BCUT2D eigenvalue weighted by atomic mass is 10.1. The van der Waals surface area contributed by atoms with Gasteiger partial charge in [-0.05, 0) is 25.6 Å². The highest BCUT2D eigenvalue weighted by Crippen LogP contribution is 2.36. The van der Waals surface area contributed by atoms with Crippen molar-refractivity contribution in [3.05, 3.63) is 35.5 Å². The number of alkyl halides is 3. The van der Waals surface area contributed by atoms with Crippen LogP contribution in [0.2, 0.25) is 0 Å². The summed E-state index contributed by atoms with van der Waals surface area (Å²) in [6.45, 7) is 2.92. The first-order chi connectivity index (χ1) is 8.49. The molecule has 0 aliphatic heterocycles. The summed E-state index contributed by atoms with van der Waals surface area (Å²) in [5.41, 5.74) is 0.599. The minimum absolute atomic E-state index is 0.276. The SMILES string of the molecule is CCn1cc(CNC)c2cccc(C(F)(F)F)c21. The second-order valence-electron chi connectivity index (χ2n) is 4.17. The van der Waals surface area contributed by atoms with Crippen molar-refractivity contribution < 1.29 is 13.2 Å². The van der Waals surface area contributed by atoms with Crippen molar-refractivity contribution >= 4 is 10.9 Å². The van der Waals surface area contributed by atoms with Crippen molar-refractivity contribution in [1.82, 2.24) is 9.88 Å². The van der Waals surface area contributed by atoms with Gasteiger partial charge in [0.2, 0.25) is 0 Å². The summed E-state index contributed by atoms with van der Waals surface area (Å²) >= 11 is 0. The standard InChI is InChI=1S/C13H15F3N2/c1-3-18-8-9(7-17-2)10-5-4-6-11(12(10)18)13(14,15)16/h4-6,8,17H,3,7H2,1-2H3. The maximum Gasteiger partial charge on any atom is 0.418 e. The third kappa shape index (κ3) is 2.10. The number of benzene rings is 1. The molecule has 0 spiro atoms. The van der Waals surface area contributed by atoms with Crippen molar-refractivity contribution in [2.75, 3.05) is 7.05 Å². The lowest BCUT2D eigenvalue weighted by Gasteiger charge is -2.11. The molecule has 0 aliphatic carbocycles. The van der Waals surface area contributed by atoms with Crippen LogP contribution in [0, 0.1) is 0 Å². The van der Waals surface area contributed by atoms with Gasteiger partial charge in [-0.3, -0.25) is 0 Å². The van der Waals surface area contributed by atoms with E-state index in [2.05, 4.69) is 5.32 Å². The number of para-hydroxylation sites is 1.